The Morgan fingerprint density at radius 1 is 1.10 bits per heavy atom. The van der Waals surface area contributed by atoms with Gasteiger partial charge in [0.15, 0.2) is 0 Å². The van der Waals surface area contributed by atoms with E-state index in [1.807, 2.05) is 4.90 Å². The minimum Gasteiger partial charge on any atom is -0.354 e. The van der Waals surface area contributed by atoms with Crippen LogP contribution in [0.5, 0.6) is 0 Å². The lowest BCUT2D eigenvalue weighted by molar-refractivity contribution is -0.130. The number of carbonyl (C=O) groups excluding carboxylic acids is 2. The summed E-state index contributed by atoms with van der Waals surface area (Å²) in [6, 6.07) is 0.285. The maximum absolute atomic E-state index is 11.8. The first-order valence-corrected chi connectivity index (χ1v) is 7.67. The molecule has 20 heavy (non-hydrogen) atoms. The zero-order valence-corrected chi connectivity index (χ0v) is 12.1. The van der Waals surface area contributed by atoms with Crippen LogP contribution >= 0.6 is 0 Å². The SMILES string of the molecule is NC1CCN(CC(=O)NCCC(=O)N2CCCC2)CC1. The summed E-state index contributed by atoms with van der Waals surface area (Å²) in [6.45, 7) is 4.40. The van der Waals surface area contributed by atoms with E-state index < -0.39 is 0 Å². The number of nitrogens with zero attached hydrogens (tertiary/aromatic N) is 2. The van der Waals surface area contributed by atoms with Crippen molar-refractivity contribution >= 4 is 11.8 Å². The zero-order chi connectivity index (χ0) is 14.4. The van der Waals surface area contributed by atoms with Gasteiger partial charge in [-0.1, -0.05) is 0 Å². The number of likely N-dealkylation sites (tertiary alicyclic amines) is 2. The molecule has 0 spiro atoms. The van der Waals surface area contributed by atoms with Gasteiger partial charge >= 0.3 is 0 Å². The lowest BCUT2D eigenvalue weighted by atomic mass is 10.1. The second-order valence-electron chi connectivity index (χ2n) is 5.80. The van der Waals surface area contributed by atoms with Crippen LogP contribution in [0, 0.1) is 0 Å². The van der Waals surface area contributed by atoms with Gasteiger partial charge in [0, 0.05) is 45.2 Å². The normalized spacial score (nSPS) is 21.1. The van der Waals surface area contributed by atoms with Gasteiger partial charge < -0.3 is 16.0 Å². The Kier molecular flexibility index (Phi) is 5.79. The molecule has 0 aromatic heterocycles. The molecule has 6 nitrogen and oxygen atoms in total. The van der Waals surface area contributed by atoms with Crippen molar-refractivity contribution in [2.24, 2.45) is 5.73 Å². The number of nitrogens with one attached hydrogen (secondary N) is 1. The Labute approximate surface area is 120 Å². The quantitative estimate of drug-likeness (QED) is 0.715. The van der Waals surface area contributed by atoms with E-state index in [2.05, 4.69) is 10.2 Å². The van der Waals surface area contributed by atoms with Crippen molar-refractivity contribution in [2.75, 3.05) is 39.3 Å². The predicted molar refractivity (Wildman–Crippen MR) is 77.1 cm³/mol. The number of rotatable bonds is 5. The average Bonchev–Trinajstić information content (AvgIpc) is 2.95. The van der Waals surface area contributed by atoms with E-state index in [0.717, 1.165) is 51.9 Å². The van der Waals surface area contributed by atoms with Crippen molar-refractivity contribution in [3.05, 3.63) is 0 Å². The standard InChI is InChI=1S/C14H26N4O2/c15-12-4-9-17(10-5-12)11-13(19)16-6-3-14(20)18-7-1-2-8-18/h12H,1-11,15H2,(H,16,19). The summed E-state index contributed by atoms with van der Waals surface area (Å²) in [7, 11) is 0. The molecule has 3 N–H and O–H groups in total. The van der Waals surface area contributed by atoms with Crippen LogP contribution in [0.3, 0.4) is 0 Å². The molecule has 0 aliphatic carbocycles. The Hall–Kier alpha value is -1.14. The van der Waals surface area contributed by atoms with Gasteiger partial charge in [-0.15, -0.1) is 0 Å². The Morgan fingerprint density at radius 3 is 2.40 bits per heavy atom. The summed E-state index contributed by atoms with van der Waals surface area (Å²) in [4.78, 5) is 27.6. The number of hydrogen-bond donors (Lipinski definition) is 2. The molecule has 2 aliphatic heterocycles. The smallest absolute Gasteiger partial charge is 0.234 e. The molecule has 2 amide bonds. The zero-order valence-electron chi connectivity index (χ0n) is 12.1. The molecule has 2 rings (SSSR count). The Bertz CT molecular complexity index is 334. The van der Waals surface area contributed by atoms with Crippen molar-refractivity contribution in [3.63, 3.8) is 0 Å². The summed E-state index contributed by atoms with van der Waals surface area (Å²) in [5.41, 5.74) is 5.83. The van der Waals surface area contributed by atoms with Gasteiger partial charge in [-0.3, -0.25) is 14.5 Å². The highest BCUT2D eigenvalue weighted by Crippen LogP contribution is 2.09. The van der Waals surface area contributed by atoms with Gasteiger partial charge in [-0.2, -0.15) is 0 Å². The lowest BCUT2D eigenvalue weighted by Crippen LogP contribution is -2.45. The summed E-state index contributed by atoms with van der Waals surface area (Å²) in [5.74, 6) is 0.168. The molecule has 0 radical (unpaired) electrons. The third-order valence-electron chi connectivity index (χ3n) is 4.12. The maximum atomic E-state index is 11.8. The highest BCUT2D eigenvalue weighted by molar-refractivity contribution is 5.80. The molecule has 2 heterocycles. The minimum absolute atomic E-state index is 0.00898. The maximum Gasteiger partial charge on any atom is 0.234 e. The topological polar surface area (TPSA) is 78.7 Å². The van der Waals surface area contributed by atoms with Gasteiger partial charge in [-0.05, 0) is 25.7 Å². The molecule has 2 fully saturated rings. The number of hydrogen-bond acceptors (Lipinski definition) is 4. The molecular formula is C14H26N4O2. The first-order chi connectivity index (χ1) is 9.65. The van der Waals surface area contributed by atoms with Crippen molar-refractivity contribution in [1.29, 1.82) is 0 Å². The molecule has 0 unspecified atom stereocenters. The minimum atomic E-state index is 0.00898. The highest BCUT2D eigenvalue weighted by Gasteiger charge is 2.19. The third-order valence-corrected chi connectivity index (χ3v) is 4.12. The molecular weight excluding hydrogens is 256 g/mol. The fraction of sp³-hybridized carbons (Fsp3) is 0.857. The van der Waals surface area contributed by atoms with Crippen LogP contribution in [0.25, 0.3) is 0 Å². The number of amides is 2. The van der Waals surface area contributed by atoms with E-state index in [1.165, 1.54) is 0 Å². The van der Waals surface area contributed by atoms with Crippen molar-refractivity contribution in [1.82, 2.24) is 15.1 Å². The van der Waals surface area contributed by atoms with E-state index in [4.69, 9.17) is 5.73 Å². The molecule has 0 bridgehead atoms. The molecule has 114 valence electrons. The van der Waals surface area contributed by atoms with Crippen molar-refractivity contribution in [2.45, 2.75) is 38.1 Å². The number of carbonyl (C=O) groups is 2. The molecule has 0 aromatic rings. The monoisotopic (exact) mass is 282 g/mol. The summed E-state index contributed by atoms with van der Waals surface area (Å²) < 4.78 is 0. The molecule has 6 heteroatoms. The summed E-state index contributed by atoms with van der Waals surface area (Å²) in [6.07, 6.45) is 4.54. The summed E-state index contributed by atoms with van der Waals surface area (Å²) in [5, 5.41) is 2.84. The Balaban J connectivity index is 1.56. The van der Waals surface area contributed by atoms with E-state index in [9.17, 15) is 9.59 Å². The molecule has 0 atom stereocenters. The Morgan fingerprint density at radius 2 is 1.75 bits per heavy atom. The van der Waals surface area contributed by atoms with Crippen LogP contribution < -0.4 is 11.1 Å². The third kappa shape index (κ3) is 4.76. The number of piperidine rings is 1. The first kappa shape index (κ1) is 15.3. The van der Waals surface area contributed by atoms with Crippen LogP contribution in [0.2, 0.25) is 0 Å². The van der Waals surface area contributed by atoms with Gasteiger partial charge in [0.05, 0.1) is 6.54 Å². The molecule has 0 saturated carbocycles. The second-order valence-corrected chi connectivity index (χ2v) is 5.80. The van der Waals surface area contributed by atoms with Crippen LogP contribution in [0.15, 0.2) is 0 Å². The largest absolute Gasteiger partial charge is 0.354 e. The number of nitrogens with two attached hydrogens (primary N) is 1. The molecule has 0 aromatic carbocycles. The lowest BCUT2D eigenvalue weighted by Gasteiger charge is -2.29. The summed E-state index contributed by atoms with van der Waals surface area (Å²) >= 11 is 0. The van der Waals surface area contributed by atoms with Crippen LogP contribution in [0.4, 0.5) is 0 Å². The van der Waals surface area contributed by atoms with E-state index in [0.29, 0.717) is 19.5 Å². The van der Waals surface area contributed by atoms with Gasteiger partial charge in [0.1, 0.15) is 0 Å². The van der Waals surface area contributed by atoms with Crippen molar-refractivity contribution in [3.8, 4) is 0 Å². The van der Waals surface area contributed by atoms with Crippen molar-refractivity contribution < 1.29 is 9.59 Å². The van der Waals surface area contributed by atoms with Crippen LogP contribution in [0.1, 0.15) is 32.1 Å². The fourth-order valence-electron chi connectivity index (χ4n) is 2.80. The molecule has 2 aliphatic rings. The van der Waals surface area contributed by atoms with E-state index in [1.54, 1.807) is 0 Å². The van der Waals surface area contributed by atoms with Gasteiger partial charge in [-0.25, -0.2) is 0 Å². The highest BCUT2D eigenvalue weighted by atomic mass is 16.2. The van der Waals surface area contributed by atoms with Crippen LogP contribution in [-0.4, -0.2) is 66.9 Å². The van der Waals surface area contributed by atoms with Gasteiger partial charge in [0.25, 0.3) is 0 Å². The predicted octanol–water partition coefficient (Wildman–Crippen LogP) is -0.462. The van der Waals surface area contributed by atoms with Crippen LogP contribution in [-0.2, 0) is 9.59 Å². The van der Waals surface area contributed by atoms with E-state index >= 15 is 0 Å². The molecule has 2 saturated heterocycles. The first-order valence-electron chi connectivity index (χ1n) is 7.67. The average molecular weight is 282 g/mol. The van der Waals surface area contributed by atoms with E-state index in [-0.39, 0.29) is 17.9 Å². The second kappa shape index (κ2) is 7.59. The van der Waals surface area contributed by atoms with Gasteiger partial charge in [0.2, 0.25) is 11.8 Å². The fourth-order valence-corrected chi connectivity index (χ4v) is 2.80.